The van der Waals surface area contributed by atoms with Crippen molar-refractivity contribution >= 4 is 55.7 Å². The van der Waals surface area contributed by atoms with Crippen LogP contribution >= 0.6 is 34.4 Å². The highest BCUT2D eigenvalue weighted by Gasteiger charge is 2.16. The molecule has 0 unspecified atom stereocenters. The second-order valence-corrected chi connectivity index (χ2v) is 7.61. The van der Waals surface area contributed by atoms with Gasteiger partial charge in [-0.25, -0.2) is 4.98 Å². The van der Waals surface area contributed by atoms with Crippen LogP contribution in [-0.2, 0) is 4.79 Å². The van der Waals surface area contributed by atoms with Crippen LogP contribution in [0.4, 0.5) is 5.13 Å². The summed E-state index contributed by atoms with van der Waals surface area (Å²) in [6, 6.07) is 3.74. The molecule has 3 aromatic rings. The zero-order valence-corrected chi connectivity index (χ0v) is 14.1. The second-order valence-electron chi connectivity index (χ2n) is 4.52. The summed E-state index contributed by atoms with van der Waals surface area (Å²) < 4.78 is 12.8. The van der Waals surface area contributed by atoms with Crippen molar-refractivity contribution in [1.29, 1.82) is 0 Å². The number of nitrogens with zero attached hydrogens (tertiary/aromatic N) is 3. The van der Waals surface area contributed by atoms with Crippen molar-refractivity contribution < 1.29 is 14.3 Å². The van der Waals surface area contributed by atoms with E-state index < -0.39 is 0 Å². The van der Waals surface area contributed by atoms with E-state index in [2.05, 4.69) is 20.5 Å². The molecule has 0 bridgehead atoms. The van der Waals surface area contributed by atoms with Crippen molar-refractivity contribution in [3.05, 3.63) is 17.6 Å². The van der Waals surface area contributed by atoms with Gasteiger partial charge < -0.3 is 14.8 Å². The molecule has 10 heteroatoms. The van der Waals surface area contributed by atoms with E-state index in [9.17, 15) is 4.79 Å². The molecule has 2 aromatic heterocycles. The van der Waals surface area contributed by atoms with Crippen LogP contribution in [0.5, 0.6) is 11.5 Å². The number of benzene rings is 1. The molecule has 23 heavy (non-hydrogen) atoms. The van der Waals surface area contributed by atoms with Crippen LogP contribution in [0.2, 0.25) is 0 Å². The Labute approximate surface area is 143 Å². The average Bonchev–Trinajstić information content (AvgIpc) is 3.19. The van der Waals surface area contributed by atoms with Crippen molar-refractivity contribution in [3.63, 3.8) is 0 Å². The Hall–Kier alpha value is -1.91. The molecule has 0 spiro atoms. The Morgan fingerprint density at radius 1 is 1.30 bits per heavy atom. The second kappa shape index (κ2) is 6.30. The van der Waals surface area contributed by atoms with Crippen LogP contribution < -0.4 is 14.8 Å². The summed E-state index contributed by atoms with van der Waals surface area (Å²) in [6.07, 6.45) is 0. The van der Waals surface area contributed by atoms with Crippen LogP contribution in [0.1, 0.15) is 0 Å². The molecule has 0 fully saturated rings. The lowest BCUT2D eigenvalue weighted by molar-refractivity contribution is -0.113. The average molecular weight is 366 g/mol. The fraction of sp³-hybridized carbons (Fsp3) is 0.231. The number of fused-ring (bicyclic) bond motifs is 2. The van der Waals surface area contributed by atoms with Gasteiger partial charge in [0.2, 0.25) is 5.91 Å². The molecule has 1 N–H and O–H groups in total. The maximum absolute atomic E-state index is 12.0. The van der Waals surface area contributed by atoms with E-state index in [1.165, 1.54) is 34.4 Å². The van der Waals surface area contributed by atoms with Gasteiger partial charge in [0, 0.05) is 12.1 Å². The van der Waals surface area contributed by atoms with E-state index in [0.717, 1.165) is 20.3 Å². The summed E-state index contributed by atoms with van der Waals surface area (Å²) in [5.41, 5.74) is 2.42. The number of anilines is 1. The third kappa shape index (κ3) is 3.23. The highest BCUT2D eigenvalue weighted by molar-refractivity contribution is 8.01. The minimum absolute atomic E-state index is 0.124. The summed E-state index contributed by atoms with van der Waals surface area (Å²) in [4.78, 5) is 16.4. The van der Waals surface area contributed by atoms with Crippen molar-refractivity contribution in [2.75, 3.05) is 24.3 Å². The number of ether oxygens (including phenoxy) is 2. The molecule has 118 valence electrons. The van der Waals surface area contributed by atoms with Crippen molar-refractivity contribution in [3.8, 4) is 11.5 Å². The quantitative estimate of drug-likeness (QED) is 0.710. The number of thiazole rings is 1. The van der Waals surface area contributed by atoms with E-state index in [1.807, 2.05) is 12.1 Å². The maximum atomic E-state index is 12.0. The first-order chi connectivity index (χ1) is 11.3. The number of amides is 1. The van der Waals surface area contributed by atoms with E-state index in [-0.39, 0.29) is 11.7 Å². The van der Waals surface area contributed by atoms with Gasteiger partial charge in [-0.05, 0) is 0 Å². The van der Waals surface area contributed by atoms with Gasteiger partial charge in [-0.1, -0.05) is 34.4 Å². The fourth-order valence-corrected chi connectivity index (χ4v) is 4.21. The Balaban J connectivity index is 1.47. The number of aromatic nitrogens is 3. The van der Waals surface area contributed by atoms with Crippen molar-refractivity contribution in [2.24, 2.45) is 0 Å². The number of hydrogen-bond acceptors (Lipinski definition) is 9. The van der Waals surface area contributed by atoms with Gasteiger partial charge in [0.1, 0.15) is 18.7 Å². The summed E-state index contributed by atoms with van der Waals surface area (Å²) in [5, 5.41) is 11.0. The van der Waals surface area contributed by atoms with E-state index in [0.29, 0.717) is 24.1 Å². The van der Waals surface area contributed by atoms with Crippen molar-refractivity contribution in [2.45, 2.75) is 4.34 Å². The molecule has 0 radical (unpaired) electrons. The number of carbonyl (C=O) groups is 1. The number of nitrogens with one attached hydrogen (secondary N) is 1. The standard InChI is InChI=1S/C13H10N4O3S3/c18-11(5-21-13-17-14-6-22-13)16-12-15-7-3-8-9(4-10(7)23-12)20-2-1-19-8/h3-4,6H,1-2,5H2,(H,15,16,18). The lowest BCUT2D eigenvalue weighted by atomic mass is 10.3. The van der Waals surface area contributed by atoms with E-state index in [1.54, 1.807) is 5.51 Å². The minimum atomic E-state index is -0.124. The number of rotatable bonds is 4. The van der Waals surface area contributed by atoms with Gasteiger partial charge in [-0.3, -0.25) is 4.79 Å². The smallest absolute Gasteiger partial charge is 0.236 e. The normalized spacial score (nSPS) is 13.2. The molecule has 1 amide bonds. The predicted molar refractivity (Wildman–Crippen MR) is 89.9 cm³/mol. The summed E-state index contributed by atoms with van der Waals surface area (Å²) >= 11 is 4.17. The molecular weight excluding hydrogens is 356 g/mol. The van der Waals surface area contributed by atoms with E-state index >= 15 is 0 Å². The molecule has 1 aromatic carbocycles. The number of carbonyl (C=O) groups excluding carboxylic acids is 1. The zero-order valence-electron chi connectivity index (χ0n) is 11.6. The molecule has 0 saturated carbocycles. The van der Waals surface area contributed by atoms with Gasteiger partial charge in [0.25, 0.3) is 0 Å². The van der Waals surface area contributed by atoms with Crippen LogP contribution in [0, 0.1) is 0 Å². The Morgan fingerprint density at radius 3 is 2.91 bits per heavy atom. The molecule has 1 aliphatic rings. The molecule has 3 heterocycles. The largest absolute Gasteiger partial charge is 0.486 e. The molecule has 4 rings (SSSR count). The van der Waals surface area contributed by atoms with Crippen LogP contribution in [0.25, 0.3) is 10.2 Å². The lowest BCUT2D eigenvalue weighted by Gasteiger charge is -2.17. The first kappa shape index (κ1) is 14.7. The topological polar surface area (TPSA) is 86.2 Å². The fourth-order valence-electron chi connectivity index (χ4n) is 2.03. The highest BCUT2D eigenvalue weighted by atomic mass is 32.2. The third-order valence-electron chi connectivity index (χ3n) is 2.97. The SMILES string of the molecule is O=C(CSc1nncs1)Nc1nc2cc3c(cc2s1)OCCO3. The molecule has 0 aliphatic carbocycles. The van der Waals surface area contributed by atoms with Gasteiger partial charge in [-0.2, -0.15) is 0 Å². The van der Waals surface area contributed by atoms with Crippen LogP contribution in [-0.4, -0.2) is 40.1 Å². The summed E-state index contributed by atoms with van der Waals surface area (Å²) in [5.74, 6) is 1.56. The molecule has 1 aliphatic heterocycles. The molecule has 7 nitrogen and oxygen atoms in total. The van der Waals surface area contributed by atoms with Crippen LogP contribution in [0.3, 0.4) is 0 Å². The Bertz CT molecular complexity index is 807. The van der Waals surface area contributed by atoms with Gasteiger partial charge >= 0.3 is 0 Å². The Kier molecular flexibility index (Phi) is 4.02. The van der Waals surface area contributed by atoms with Crippen molar-refractivity contribution in [1.82, 2.24) is 15.2 Å². The van der Waals surface area contributed by atoms with Gasteiger partial charge in [0.05, 0.1) is 16.0 Å². The molecular formula is C13H10N4O3S3. The molecule has 0 atom stereocenters. The Morgan fingerprint density at radius 2 is 2.13 bits per heavy atom. The van der Waals surface area contributed by atoms with Gasteiger partial charge in [0.15, 0.2) is 21.0 Å². The monoisotopic (exact) mass is 366 g/mol. The minimum Gasteiger partial charge on any atom is -0.486 e. The third-order valence-corrected chi connectivity index (χ3v) is 5.76. The molecule has 0 saturated heterocycles. The summed E-state index contributed by atoms with van der Waals surface area (Å²) in [7, 11) is 0. The lowest BCUT2D eigenvalue weighted by Crippen LogP contribution is -2.15. The maximum Gasteiger partial charge on any atom is 0.236 e. The number of hydrogen-bond donors (Lipinski definition) is 1. The number of thioether (sulfide) groups is 1. The van der Waals surface area contributed by atoms with Crippen LogP contribution in [0.15, 0.2) is 22.0 Å². The predicted octanol–water partition coefficient (Wildman–Crippen LogP) is 2.65. The van der Waals surface area contributed by atoms with E-state index in [4.69, 9.17) is 9.47 Å². The highest BCUT2D eigenvalue weighted by Crippen LogP contribution is 2.37. The first-order valence-electron chi connectivity index (χ1n) is 6.67. The van der Waals surface area contributed by atoms with Gasteiger partial charge in [-0.15, -0.1) is 10.2 Å². The first-order valence-corrected chi connectivity index (χ1v) is 9.35. The zero-order chi connectivity index (χ0) is 15.6. The summed E-state index contributed by atoms with van der Waals surface area (Å²) in [6.45, 7) is 1.08.